The zero-order valence-electron chi connectivity index (χ0n) is 21.0. The van der Waals surface area contributed by atoms with Gasteiger partial charge in [-0.15, -0.1) is 0 Å². The van der Waals surface area contributed by atoms with E-state index in [0.717, 1.165) is 23.2 Å². The normalized spacial score (nSPS) is 21.9. The number of hydrogen-bond acceptors (Lipinski definition) is 5. The highest BCUT2D eigenvalue weighted by atomic mass is 19.4. The van der Waals surface area contributed by atoms with Gasteiger partial charge in [0, 0.05) is 58.4 Å². The second kappa shape index (κ2) is 9.79. The van der Waals surface area contributed by atoms with Crippen molar-refractivity contribution in [3.8, 4) is 5.75 Å². The predicted molar refractivity (Wildman–Crippen MR) is 134 cm³/mol. The molecular formula is C27H31F3N4O3. The van der Waals surface area contributed by atoms with E-state index in [0.29, 0.717) is 51.4 Å². The summed E-state index contributed by atoms with van der Waals surface area (Å²) in [5.74, 6) is 0.148. The lowest BCUT2D eigenvalue weighted by molar-refractivity contribution is -0.142. The highest BCUT2D eigenvalue weighted by molar-refractivity contribution is 5.83. The second-order valence-corrected chi connectivity index (χ2v) is 9.86. The maximum atomic E-state index is 13.9. The van der Waals surface area contributed by atoms with Gasteiger partial charge < -0.3 is 24.3 Å². The number of rotatable bonds is 3. The molecule has 10 heteroatoms. The first-order valence-electron chi connectivity index (χ1n) is 12.6. The molecule has 3 heterocycles. The van der Waals surface area contributed by atoms with Crippen molar-refractivity contribution < 1.29 is 27.5 Å². The van der Waals surface area contributed by atoms with E-state index in [9.17, 15) is 22.8 Å². The molecule has 0 bridgehead atoms. The zero-order chi connectivity index (χ0) is 26.3. The molecule has 0 unspecified atom stereocenters. The van der Waals surface area contributed by atoms with Crippen molar-refractivity contribution in [3.05, 3.63) is 53.6 Å². The third kappa shape index (κ3) is 4.81. The standard InChI is InChI=1S/C27H31F3N4O3/c1-18(35)31-9-11-32(12-10-31)26(36)21-16-19-15-20(27(28,29)30)7-8-22(19)34-14-13-33(17-24(21)34)23-5-3-4-6-25(23)37-2/h3-8,15,21,24H,9-14,16-17H2,1-2H3/t21-,24+/m0/s1. The van der Waals surface area contributed by atoms with Gasteiger partial charge in [0.05, 0.1) is 30.3 Å². The van der Waals surface area contributed by atoms with Gasteiger partial charge in [0.1, 0.15) is 5.75 Å². The van der Waals surface area contributed by atoms with Crippen LogP contribution in [-0.4, -0.2) is 80.6 Å². The van der Waals surface area contributed by atoms with Gasteiger partial charge in [-0.3, -0.25) is 9.59 Å². The Morgan fingerprint density at radius 3 is 2.30 bits per heavy atom. The van der Waals surface area contributed by atoms with Gasteiger partial charge in [-0.05, 0) is 42.3 Å². The molecule has 2 saturated heterocycles. The molecule has 0 aromatic heterocycles. The van der Waals surface area contributed by atoms with Gasteiger partial charge in [0.25, 0.3) is 0 Å². The third-order valence-electron chi connectivity index (χ3n) is 7.82. The topological polar surface area (TPSA) is 56.3 Å². The number of amides is 2. The minimum atomic E-state index is -4.45. The van der Waals surface area contributed by atoms with Crippen LogP contribution in [0.4, 0.5) is 24.5 Å². The lowest BCUT2D eigenvalue weighted by Crippen LogP contribution is -2.62. The molecule has 198 valence electrons. The first-order valence-corrected chi connectivity index (χ1v) is 12.6. The molecule has 7 nitrogen and oxygen atoms in total. The molecule has 0 aliphatic carbocycles. The van der Waals surface area contributed by atoms with Gasteiger partial charge in [-0.2, -0.15) is 13.2 Å². The fourth-order valence-electron chi connectivity index (χ4n) is 5.87. The summed E-state index contributed by atoms with van der Waals surface area (Å²) >= 11 is 0. The number of hydrogen-bond donors (Lipinski definition) is 0. The highest BCUT2D eigenvalue weighted by Crippen LogP contribution is 2.41. The van der Waals surface area contributed by atoms with Crippen molar-refractivity contribution >= 4 is 23.2 Å². The molecular weight excluding hydrogens is 485 g/mol. The Hall–Kier alpha value is -3.43. The number of anilines is 2. The number of alkyl halides is 3. The SMILES string of the molecule is COc1ccccc1N1CCN2c3ccc(C(F)(F)F)cc3C[C@H](C(=O)N3CCN(C(C)=O)CC3)[C@H]2C1. The van der Waals surface area contributed by atoms with Crippen LogP contribution >= 0.6 is 0 Å². The van der Waals surface area contributed by atoms with Crippen molar-refractivity contribution in [2.75, 3.05) is 62.7 Å². The molecule has 2 aromatic rings. The lowest BCUT2D eigenvalue weighted by atomic mass is 9.82. The average molecular weight is 517 g/mol. The molecule has 2 amide bonds. The van der Waals surface area contributed by atoms with Crippen molar-refractivity contribution in [2.24, 2.45) is 5.92 Å². The Balaban J connectivity index is 1.47. The second-order valence-electron chi connectivity index (χ2n) is 9.86. The maximum absolute atomic E-state index is 13.9. The molecule has 37 heavy (non-hydrogen) atoms. The Bertz CT molecular complexity index is 1180. The van der Waals surface area contributed by atoms with Gasteiger partial charge in [0.2, 0.25) is 11.8 Å². The van der Waals surface area contributed by atoms with Crippen LogP contribution < -0.4 is 14.5 Å². The zero-order valence-corrected chi connectivity index (χ0v) is 21.0. The Morgan fingerprint density at radius 1 is 0.919 bits per heavy atom. The fraction of sp³-hybridized carbons (Fsp3) is 0.481. The van der Waals surface area contributed by atoms with Gasteiger partial charge >= 0.3 is 6.18 Å². The molecule has 3 aliphatic rings. The summed E-state index contributed by atoms with van der Waals surface area (Å²) in [5, 5.41) is 0. The fourth-order valence-corrected chi connectivity index (χ4v) is 5.87. The van der Waals surface area contributed by atoms with Gasteiger partial charge in [-0.25, -0.2) is 0 Å². The number of halogens is 3. The van der Waals surface area contributed by atoms with Crippen molar-refractivity contribution in [2.45, 2.75) is 25.6 Å². The predicted octanol–water partition coefficient (Wildman–Crippen LogP) is 3.27. The first-order chi connectivity index (χ1) is 17.7. The van der Waals surface area contributed by atoms with Crippen molar-refractivity contribution in [1.82, 2.24) is 9.80 Å². The molecule has 5 rings (SSSR count). The van der Waals surface area contributed by atoms with E-state index >= 15 is 0 Å². The van der Waals surface area contributed by atoms with Crippen molar-refractivity contribution in [1.29, 1.82) is 0 Å². The quantitative estimate of drug-likeness (QED) is 0.627. The molecule has 0 radical (unpaired) electrons. The van der Waals surface area contributed by atoms with Crippen LogP contribution in [0.2, 0.25) is 0 Å². The summed E-state index contributed by atoms with van der Waals surface area (Å²) in [6.45, 7) is 5.05. The molecule has 3 aliphatic heterocycles. The molecule has 2 aromatic carbocycles. The van der Waals surface area contributed by atoms with E-state index in [1.807, 2.05) is 24.3 Å². The number of methoxy groups -OCH3 is 1. The molecule has 0 saturated carbocycles. The summed E-state index contributed by atoms with van der Waals surface area (Å²) in [4.78, 5) is 33.4. The molecule has 0 spiro atoms. The largest absolute Gasteiger partial charge is 0.495 e. The number of para-hydroxylation sites is 2. The number of fused-ring (bicyclic) bond motifs is 3. The molecule has 2 atom stereocenters. The minimum Gasteiger partial charge on any atom is -0.495 e. The third-order valence-corrected chi connectivity index (χ3v) is 7.82. The first kappa shape index (κ1) is 25.2. The number of carbonyl (C=O) groups excluding carboxylic acids is 2. The summed E-state index contributed by atoms with van der Waals surface area (Å²) in [5.41, 5.74) is 1.56. The van der Waals surface area contributed by atoms with Gasteiger partial charge in [0.15, 0.2) is 0 Å². The Kier molecular flexibility index (Phi) is 6.68. The van der Waals surface area contributed by atoms with Crippen LogP contribution in [0.5, 0.6) is 5.75 Å². The average Bonchev–Trinajstić information content (AvgIpc) is 2.91. The lowest BCUT2D eigenvalue weighted by Gasteiger charge is -2.51. The number of piperazine rings is 2. The van der Waals surface area contributed by atoms with E-state index < -0.39 is 17.7 Å². The smallest absolute Gasteiger partial charge is 0.416 e. The minimum absolute atomic E-state index is 0.0238. The van der Waals surface area contributed by atoms with E-state index in [2.05, 4.69) is 9.80 Å². The highest BCUT2D eigenvalue weighted by Gasteiger charge is 2.44. The van der Waals surface area contributed by atoms with Crippen LogP contribution in [0.15, 0.2) is 42.5 Å². The van der Waals surface area contributed by atoms with Crippen LogP contribution in [0.1, 0.15) is 18.1 Å². The van der Waals surface area contributed by atoms with Crippen LogP contribution in [0, 0.1) is 5.92 Å². The summed E-state index contributed by atoms with van der Waals surface area (Å²) in [7, 11) is 1.62. The Labute approximate surface area is 214 Å². The number of carbonyl (C=O) groups is 2. The van der Waals surface area contributed by atoms with Crippen LogP contribution in [0.3, 0.4) is 0 Å². The molecule has 0 N–H and O–H groups in total. The van der Waals surface area contributed by atoms with E-state index in [-0.39, 0.29) is 24.3 Å². The van der Waals surface area contributed by atoms with E-state index in [1.165, 1.54) is 13.0 Å². The Morgan fingerprint density at radius 2 is 1.62 bits per heavy atom. The van der Waals surface area contributed by atoms with Crippen LogP contribution in [0.25, 0.3) is 0 Å². The van der Waals surface area contributed by atoms with Gasteiger partial charge in [-0.1, -0.05) is 12.1 Å². The summed E-state index contributed by atoms with van der Waals surface area (Å²) in [6, 6.07) is 11.4. The number of benzene rings is 2. The summed E-state index contributed by atoms with van der Waals surface area (Å²) in [6.07, 6.45) is -4.21. The van der Waals surface area contributed by atoms with Crippen LogP contribution in [-0.2, 0) is 22.2 Å². The number of nitrogens with zero attached hydrogens (tertiary/aromatic N) is 4. The monoisotopic (exact) mass is 516 g/mol. The van der Waals surface area contributed by atoms with E-state index in [1.54, 1.807) is 23.0 Å². The number of ether oxygens (including phenoxy) is 1. The molecule has 2 fully saturated rings. The van der Waals surface area contributed by atoms with Crippen molar-refractivity contribution in [3.63, 3.8) is 0 Å². The summed E-state index contributed by atoms with van der Waals surface area (Å²) < 4.78 is 46.1. The van der Waals surface area contributed by atoms with E-state index in [4.69, 9.17) is 4.74 Å². The maximum Gasteiger partial charge on any atom is 0.416 e.